The summed E-state index contributed by atoms with van der Waals surface area (Å²) in [6.07, 6.45) is 2.52. The maximum Gasteiger partial charge on any atom is 0.150 e. The number of nitrogens with one attached hydrogen (secondary N) is 1. The maximum absolute atomic E-state index is 11.3. The molecule has 0 amide bonds. The van der Waals surface area contributed by atoms with E-state index in [4.69, 9.17) is 0 Å². The Morgan fingerprint density at radius 2 is 2.24 bits per heavy atom. The molecule has 98 valence electrons. The summed E-state index contributed by atoms with van der Waals surface area (Å²) in [5.74, 6) is 0.494. The standard InChI is InChI=1S/C11H20N2O2S2/c1-4-17(14,15)7-5-6-12-10(3)11-13-8-9(2)16-11/h8,10,12H,4-7H2,1-3H3. The van der Waals surface area contributed by atoms with Gasteiger partial charge in [0, 0.05) is 16.8 Å². The predicted octanol–water partition coefficient (Wildman–Crippen LogP) is 1.93. The van der Waals surface area contributed by atoms with Gasteiger partial charge in [0.05, 0.1) is 11.8 Å². The van der Waals surface area contributed by atoms with Crippen molar-refractivity contribution in [3.63, 3.8) is 0 Å². The molecule has 0 aliphatic carbocycles. The van der Waals surface area contributed by atoms with E-state index in [1.807, 2.05) is 20.0 Å². The first kappa shape index (κ1) is 14.6. The Morgan fingerprint density at radius 3 is 2.76 bits per heavy atom. The van der Waals surface area contributed by atoms with Crippen LogP contribution in [0.1, 0.15) is 36.2 Å². The van der Waals surface area contributed by atoms with E-state index in [1.54, 1.807) is 18.3 Å². The molecule has 0 radical (unpaired) electrons. The van der Waals surface area contributed by atoms with Crippen molar-refractivity contribution in [1.82, 2.24) is 10.3 Å². The summed E-state index contributed by atoms with van der Waals surface area (Å²) in [6, 6.07) is 0.193. The monoisotopic (exact) mass is 276 g/mol. The van der Waals surface area contributed by atoms with Crippen LogP contribution >= 0.6 is 11.3 Å². The molecule has 17 heavy (non-hydrogen) atoms. The summed E-state index contributed by atoms with van der Waals surface area (Å²) >= 11 is 1.67. The van der Waals surface area contributed by atoms with Gasteiger partial charge in [-0.05, 0) is 26.8 Å². The smallest absolute Gasteiger partial charge is 0.150 e. The Bertz CT molecular complexity index is 440. The lowest BCUT2D eigenvalue weighted by Gasteiger charge is -2.10. The molecule has 1 aromatic heterocycles. The lowest BCUT2D eigenvalue weighted by Crippen LogP contribution is -2.22. The van der Waals surface area contributed by atoms with E-state index in [9.17, 15) is 8.42 Å². The molecule has 0 saturated carbocycles. The third-order valence-corrected chi connectivity index (χ3v) is 5.42. The molecular formula is C11H20N2O2S2. The van der Waals surface area contributed by atoms with Crippen molar-refractivity contribution in [2.45, 2.75) is 33.2 Å². The fourth-order valence-electron chi connectivity index (χ4n) is 1.41. The van der Waals surface area contributed by atoms with Gasteiger partial charge in [0.2, 0.25) is 0 Å². The van der Waals surface area contributed by atoms with Crippen LogP contribution in [0.5, 0.6) is 0 Å². The third-order valence-electron chi connectivity index (χ3n) is 2.53. The Labute approximate surface area is 107 Å². The first-order valence-corrected chi connectivity index (χ1v) is 8.44. The summed E-state index contributed by atoms with van der Waals surface area (Å²) in [5, 5.41) is 4.35. The first-order chi connectivity index (χ1) is 7.94. The lowest BCUT2D eigenvalue weighted by molar-refractivity contribution is 0.559. The minimum absolute atomic E-state index is 0.193. The molecule has 1 unspecified atom stereocenters. The van der Waals surface area contributed by atoms with Gasteiger partial charge in [-0.3, -0.25) is 0 Å². The zero-order valence-electron chi connectivity index (χ0n) is 10.6. The second-order valence-electron chi connectivity index (χ2n) is 4.07. The summed E-state index contributed by atoms with van der Waals surface area (Å²) < 4.78 is 22.6. The average Bonchev–Trinajstić information content (AvgIpc) is 2.71. The van der Waals surface area contributed by atoms with Crippen molar-refractivity contribution in [2.24, 2.45) is 0 Å². The Balaban J connectivity index is 2.28. The minimum Gasteiger partial charge on any atom is -0.308 e. The van der Waals surface area contributed by atoms with E-state index < -0.39 is 9.84 Å². The molecule has 1 atom stereocenters. The molecule has 0 fully saturated rings. The predicted molar refractivity (Wildman–Crippen MR) is 72.2 cm³/mol. The van der Waals surface area contributed by atoms with Crippen LogP contribution in [0.2, 0.25) is 0 Å². The Morgan fingerprint density at radius 1 is 1.53 bits per heavy atom. The Kier molecular flexibility index (Phi) is 5.55. The van der Waals surface area contributed by atoms with Crippen molar-refractivity contribution in [3.05, 3.63) is 16.1 Å². The zero-order valence-corrected chi connectivity index (χ0v) is 12.2. The van der Waals surface area contributed by atoms with Crippen molar-refractivity contribution in [2.75, 3.05) is 18.1 Å². The molecule has 1 rings (SSSR count). The lowest BCUT2D eigenvalue weighted by atomic mass is 10.3. The first-order valence-electron chi connectivity index (χ1n) is 5.80. The van der Waals surface area contributed by atoms with Crippen LogP contribution in [0.15, 0.2) is 6.20 Å². The van der Waals surface area contributed by atoms with Crippen molar-refractivity contribution in [3.8, 4) is 0 Å². The maximum atomic E-state index is 11.3. The van der Waals surface area contributed by atoms with Gasteiger partial charge >= 0.3 is 0 Å². The number of hydrogen-bond acceptors (Lipinski definition) is 5. The summed E-state index contributed by atoms with van der Waals surface area (Å²) in [6.45, 7) is 6.47. The van der Waals surface area contributed by atoms with E-state index in [0.29, 0.717) is 13.0 Å². The van der Waals surface area contributed by atoms with Crippen molar-refractivity contribution >= 4 is 21.2 Å². The molecule has 1 aromatic rings. The van der Waals surface area contributed by atoms with E-state index in [1.165, 1.54) is 4.88 Å². The molecule has 6 heteroatoms. The quantitative estimate of drug-likeness (QED) is 0.773. The van der Waals surface area contributed by atoms with Gasteiger partial charge in [-0.15, -0.1) is 11.3 Å². The molecule has 1 N–H and O–H groups in total. The molecule has 0 bridgehead atoms. The molecule has 0 aliphatic heterocycles. The van der Waals surface area contributed by atoms with Crippen molar-refractivity contribution < 1.29 is 8.42 Å². The van der Waals surface area contributed by atoms with Crippen LogP contribution in [-0.4, -0.2) is 31.5 Å². The number of nitrogens with zero attached hydrogens (tertiary/aromatic N) is 1. The van der Waals surface area contributed by atoms with E-state index in [2.05, 4.69) is 10.3 Å². The van der Waals surface area contributed by atoms with Crippen molar-refractivity contribution in [1.29, 1.82) is 0 Å². The topological polar surface area (TPSA) is 59.1 Å². The van der Waals surface area contributed by atoms with Gasteiger partial charge in [0.15, 0.2) is 0 Å². The van der Waals surface area contributed by atoms with Crippen LogP contribution in [-0.2, 0) is 9.84 Å². The largest absolute Gasteiger partial charge is 0.308 e. The number of sulfone groups is 1. The van der Waals surface area contributed by atoms with Gasteiger partial charge in [-0.1, -0.05) is 6.92 Å². The minimum atomic E-state index is -2.83. The number of aromatic nitrogens is 1. The molecular weight excluding hydrogens is 256 g/mol. The van der Waals surface area contributed by atoms with E-state index in [0.717, 1.165) is 5.01 Å². The van der Waals surface area contributed by atoms with E-state index >= 15 is 0 Å². The highest BCUT2D eigenvalue weighted by Crippen LogP contribution is 2.18. The molecule has 0 spiro atoms. The van der Waals surface area contributed by atoms with Crippen LogP contribution in [0.3, 0.4) is 0 Å². The highest BCUT2D eigenvalue weighted by Gasteiger charge is 2.10. The van der Waals surface area contributed by atoms with E-state index in [-0.39, 0.29) is 17.5 Å². The number of hydrogen-bond donors (Lipinski definition) is 1. The fraction of sp³-hybridized carbons (Fsp3) is 0.727. The SMILES string of the molecule is CCS(=O)(=O)CCCNC(C)c1ncc(C)s1. The fourth-order valence-corrected chi connectivity index (χ4v) is 3.09. The van der Waals surface area contributed by atoms with Gasteiger partial charge in [-0.25, -0.2) is 13.4 Å². The summed E-state index contributed by atoms with van der Waals surface area (Å²) in [7, 11) is -2.83. The molecule has 1 heterocycles. The van der Waals surface area contributed by atoms with Crippen LogP contribution in [0.25, 0.3) is 0 Å². The summed E-state index contributed by atoms with van der Waals surface area (Å²) in [5.41, 5.74) is 0. The number of rotatable bonds is 7. The number of thiazole rings is 1. The van der Waals surface area contributed by atoms with Gasteiger partial charge in [-0.2, -0.15) is 0 Å². The number of aryl methyl sites for hydroxylation is 1. The molecule has 0 aliphatic rings. The highest BCUT2D eigenvalue weighted by molar-refractivity contribution is 7.91. The second kappa shape index (κ2) is 6.47. The highest BCUT2D eigenvalue weighted by atomic mass is 32.2. The molecule has 0 aromatic carbocycles. The van der Waals surface area contributed by atoms with Gasteiger partial charge in [0.25, 0.3) is 0 Å². The third kappa shape index (κ3) is 5.14. The molecule has 0 saturated heterocycles. The van der Waals surface area contributed by atoms with Crippen LogP contribution in [0, 0.1) is 6.92 Å². The second-order valence-corrected chi connectivity index (χ2v) is 7.81. The normalized spacial score (nSPS) is 13.8. The molecule has 4 nitrogen and oxygen atoms in total. The van der Waals surface area contributed by atoms with Gasteiger partial charge < -0.3 is 5.32 Å². The van der Waals surface area contributed by atoms with Gasteiger partial charge in [0.1, 0.15) is 14.8 Å². The average molecular weight is 276 g/mol. The Hall–Kier alpha value is -0.460. The zero-order chi connectivity index (χ0) is 12.9. The summed E-state index contributed by atoms with van der Waals surface area (Å²) in [4.78, 5) is 5.49. The van der Waals surface area contributed by atoms with Crippen LogP contribution < -0.4 is 5.32 Å². The van der Waals surface area contributed by atoms with Crippen LogP contribution in [0.4, 0.5) is 0 Å².